The summed E-state index contributed by atoms with van der Waals surface area (Å²) in [5.74, 6) is 2.04. The number of hydrogen-bond donors (Lipinski definition) is 1. The normalized spacial score (nSPS) is 25.2. The molecule has 0 N–H and O–H groups in total. The number of rotatable bonds is 6. The highest BCUT2D eigenvalue weighted by molar-refractivity contribution is 7.80. The predicted molar refractivity (Wildman–Crippen MR) is 85.0 cm³/mol. The molecule has 0 aromatic heterocycles. The lowest BCUT2D eigenvalue weighted by Gasteiger charge is -2.32. The van der Waals surface area contributed by atoms with Crippen LogP contribution in [-0.2, 0) is 4.74 Å². The Kier molecular flexibility index (Phi) is 6.25. The third kappa shape index (κ3) is 4.25. The van der Waals surface area contributed by atoms with Crippen molar-refractivity contribution < 1.29 is 4.74 Å². The number of thiol groups is 1. The quantitative estimate of drug-likeness (QED) is 0.743. The first-order valence-corrected chi connectivity index (χ1v) is 8.25. The summed E-state index contributed by atoms with van der Waals surface area (Å²) >= 11 is 4.49. The molecule has 3 unspecified atom stereocenters. The molecular weight excluding hydrogens is 252 g/mol. The fourth-order valence-electron chi connectivity index (χ4n) is 3.08. The van der Waals surface area contributed by atoms with E-state index in [4.69, 9.17) is 4.74 Å². The van der Waals surface area contributed by atoms with Crippen molar-refractivity contribution in [3.05, 3.63) is 35.9 Å². The number of benzene rings is 1. The summed E-state index contributed by atoms with van der Waals surface area (Å²) in [5.41, 5.74) is 1.35. The van der Waals surface area contributed by atoms with Crippen LogP contribution in [0.15, 0.2) is 30.3 Å². The van der Waals surface area contributed by atoms with Gasteiger partial charge in [-0.05, 0) is 30.1 Å². The summed E-state index contributed by atoms with van der Waals surface area (Å²) in [6, 6.07) is 10.6. The van der Waals surface area contributed by atoms with Crippen LogP contribution >= 0.6 is 12.6 Å². The first-order chi connectivity index (χ1) is 9.35. The molecule has 1 aliphatic carbocycles. The molecule has 106 valence electrons. The van der Waals surface area contributed by atoms with Gasteiger partial charge in [-0.25, -0.2) is 0 Å². The molecule has 0 saturated heterocycles. The van der Waals surface area contributed by atoms with Crippen LogP contribution in [0.5, 0.6) is 0 Å². The average Bonchev–Trinajstić information content (AvgIpc) is 2.49. The number of hydrogen-bond acceptors (Lipinski definition) is 2. The van der Waals surface area contributed by atoms with Crippen LogP contribution in [0, 0.1) is 5.92 Å². The van der Waals surface area contributed by atoms with Crippen molar-refractivity contribution in [2.24, 2.45) is 5.92 Å². The minimum Gasteiger partial charge on any atom is -0.377 e. The maximum Gasteiger partial charge on any atom is 0.0603 e. The molecular formula is C17H26OS. The Balaban J connectivity index is 1.89. The molecule has 0 radical (unpaired) electrons. The summed E-state index contributed by atoms with van der Waals surface area (Å²) in [5, 5.41) is 0. The first kappa shape index (κ1) is 14.9. The Morgan fingerprint density at radius 3 is 2.63 bits per heavy atom. The summed E-state index contributed by atoms with van der Waals surface area (Å²) in [6.07, 6.45) is 7.03. The molecule has 1 fully saturated rings. The molecule has 2 rings (SSSR count). The summed E-state index contributed by atoms with van der Waals surface area (Å²) < 4.78 is 6.25. The monoisotopic (exact) mass is 278 g/mol. The van der Waals surface area contributed by atoms with E-state index in [0.717, 1.165) is 18.3 Å². The molecule has 0 heterocycles. The minimum atomic E-state index is 0.420. The molecule has 1 aromatic rings. The minimum absolute atomic E-state index is 0.420. The Morgan fingerprint density at radius 1 is 1.21 bits per heavy atom. The van der Waals surface area contributed by atoms with Crippen LogP contribution < -0.4 is 0 Å². The van der Waals surface area contributed by atoms with Gasteiger partial charge in [-0.1, -0.05) is 56.5 Å². The summed E-state index contributed by atoms with van der Waals surface area (Å²) in [4.78, 5) is 0. The Labute approximate surface area is 123 Å². The van der Waals surface area contributed by atoms with E-state index in [1.165, 1.54) is 37.7 Å². The Morgan fingerprint density at radius 2 is 1.95 bits per heavy atom. The van der Waals surface area contributed by atoms with Gasteiger partial charge in [-0.3, -0.25) is 0 Å². The molecule has 0 spiro atoms. The van der Waals surface area contributed by atoms with Crippen LogP contribution in [0.25, 0.3) is 0 Å². The zero-order valence-electron chi connectivity index (χ0n) is 11.9. The third-order valence-corrected chi connectivity index (χ3v) is 4.81. The molecule has 0 bridgehead atoms. The third-order valence-electron chi connectivity index (χ3n) is 4.37. The maximum absolute atomic E-state index is 6.25. The van der Waals surface area contributed by atoms with Gasteiger partial charge in [0.1, 0.15) is 0 Å². The smallest absolute Gasteiger partial charge is 0.0603 e. The van der Waals surface area contributed by atoms with E-state index < -0.39 is 0 Å². The van der Waals surface area contributed by atoms with Gasteiger partial charge in [0.15, 0.2) is 0 Å². The standard InChI is InChI=1S/C17H26OS/c1-2-14-8-6-7-11-17(14)18-12-16(13-19)15-9-4-3-5-10-15/h3-5,9-10,14,16-17,19H,2,6-8,11-13H2,1H3. The van der Waals surface area contributed by atoms with Crippen molar-refractivity contribution >= 4 is 12.6 Å². The van der Waals surface area contributed by atoms with Crippen molar-refractivity contribution in [3.63, 3.8) is 0 Å². The van der Waals surface area contributed by atoms with Crippen LogP contribution in [0.1, 0.15) is 50.5 Å². The van der Waals surface area contributed by atoms with Gasteiger partial charge in [0.2, 0.25) is 0 Å². The van der Waals surface area contributed by atoms with Crippen molar-refractivity contribution in [3.8, 4) is 0 Å². The summed E-state index contributed by atoms with van der Waals surface area (Å²) in [6.45, 7) is 3.11. The van der Waals surface area contributed by atoms with E-state index >= 15 is 0 Å². The van der Waals surface area contributed by atoms with Crippen LogP contribution in [0.3, 0.4) is 0 Å². The molecule has 19 heavy (non-hydrogen) atoms. The van der Waals surface area contributed by atoms with Gasteiger partial charge in [-0.15, -0.1) is 0 Å². The van der Waals surface area contributed by atoms with E-state index in [9.17, 15) is 0 Å². The highest BCUT2D eigenvalue weighted by atomic mass is 32.1. The highest BCUT2D eigenvalue weighted by Gasteiger charge is 2.25. The van der Waals surface area contributed by atoms with Crippen molar-refractivity contribution in [2.75, 3.05) is 12.4 Å². The second-order valence-electron chi connectivity index (χ2n) is 5.61. The summed E-state index contributed by atoms with van der Waals surface area (Å²) in [7, 11) is 0. The van der Waals surface area contributed by atoms with Crippen molar-refractivity contribution in [1.82, 2.24) is 0 Å². The lowest BCUT2D eigenvalue weighted by atomic mass is 9.84. The van der Waals surface area contributed by atoms with Gasteiger partial charge in [0, 0.05) is 5.92 Å². The molecule has 0 amide bonds. The second-order valence-corrected chi connectivity index (χ2v) is 5.98. The van der Waals surface area contributed by atoms with E-state index in [1.54, 1.807) is 0 Å². The van der Waals surface area contributed by atoms with Crippen LogP contribution in [0.4, 0.5) is 0 Å². The van der Waals surface area contributed by atoms with Gasteiger partial charge >= 0.3 is 0 Å². The second kappa shape index (κ2) is 7.96. The fourth-order valence-corrected chi connectivity index (χ4v) is 3.40. The average molecular weight is 278 g/mol. The molecule has 1 nitrogen and oxygen atoms in total. The zero-order valence-corrected chi connectivity index (χ0v) is 12.8. The van der Waals surface area contributed by atoms with Crippen molar-refractivity contribution in [1.29, 1.82) is 0 Å². The van der Waals surface area contributed by atoms with Gasteiger partial charge in [-0.2, -0.15) is 12.6 Å². The van der Waals surface area contributed by atoms with E-state index in [1.807, 2.05) is 0 Å². The van der Waals surface area contributed by atoms with Crippen molar-refractivity contribution in [2.45, 2.75) is 51.0 Å². The predicted octanol–water partition coefficient (Wildman–Crippen LogP) is 4.69. The largest absolute Gasteiger partial charge is 0.377 e. The molecule has 1 aliphatic rings. The lowest BCUT2D eigenvalue weighted by Crippen LogP contribution is -2.29. The highest BCUT2D eigenvalue weighted by Crippen LogP contribution is 2.30. The topological polar surface area (TPSA) is 9.23 Å². The Bertz CT molecular complexity index is 352. The first-order valence-electron chi connectivity index (χ1n) is 7.62. The van der Waals surface area contributed by atoms with E-state index in [-0.39, 0.29) is 0 Å². The SMILES string of the molecule is CCC1CCCCC1OCC(CS)c1ccccc1. The van der Waals surface area contributed by atoms with Gasteiger partial charge in [0.05, 0.1) is 12.7 Å². The Hall–Kier alpha value is -0.470. The van der Waals surface area contributed by atoms with E-state index in [2.05, 4.69) is 49.9 Å². The van der Waals surface area contributed by atoms with Crippen LogP contribution in [-0.4, -0.2) is 18.5 Å². The van der Waals surface area contributed by atoms with Gasteiger partial charge < -0.3 is 4.74 Å². The van der Waals surface area contributed by atoms with Gasteiger partial charge in [0.25, 0.3) is 0 Å². The van der Waals surface area contributed by atoms with Crippen LogP contribution in [0.2, 0.25) is 0 Å². The van der Waals surface area contributed by atoms with E-state index in [0.29, 0.717) is 12.0 Å². The zero-order chi connectivity index (χ0) is 13.5. The molecule has 0 aliphatic heterocycles. The fraction of sp³-hybridized carbons (Fsp3) is 0.647. The molecule has 2 heteroatoms. The lowest BCUT2D eigenvalue weighted by molar-refractivity contribution is -0.0164. The molecule has 3 atom stereocenters. The maximum atomic E-state index is 6.25. The molecule has 1 aromatic carbocycles. The molecule has 1 saturated carbocycles. The number of ether oxygens (including phenoxy) is 1.